The Morgan fingerprint density at radius 1 is 1.18 bits per heavy atom. The van der Waals surface area contributed by atoms with Gasteiger partial charge in [-0.3, -0.25) is 9.10 Å². The number of amides is 1. The van der Waals surface area contributed by atoms with E-state index in [0.717, 1.165) is 33.7 Å². The van der Waals surface area contributed by atoms with E-state index < -0.39 is 33.6 Å². The van der Waals surface area contributed by atoms with Gasteiger partial charge in [0.15, 0.2) is 11.6 Å². The Labute approximate surface area is 172 Å². The van der Waals surface area contributed by atoms with Crippen LogP contribution < -0.4 is 9.62 Å². The summed E-state index contributed by atoms with van der Waals surface area (Å²) in [7, 11) is -3.90. The first-order valence-corrected chi connectivity index (χ1v) is 11.4. The molecule has 0 radical (unpaired) electrons. The topological polar surface area (TPSA) is 66.5 Å². The van der Waals surface area contributed by atoms with Crippen molar-refractivity contribution in [1.82, 2.24) is 5.32 Å². The zero-order valence-corrected chi connectivity index (χ0v) is 17.5. The number of anilines is 1. The highest BCUT2D eigenvalue weighted by Crippen LogP contribution is 2.23. The van der Waals surface area contributed by atoms with Crippen LogP contribution in [-0.4, -0.2) is 38.9 Å². The molecule has 152 valence electrons. The van der Waals surface area contributed by atoms with E-state index >= 15 is 0 Å². The molecule has 0 spiro atoms. The van der Waals surface area contributed by atoms with Crippen LogP contribution in [0.4, 0.5) is 14.5 Å². The Bertz CT molecular complexity index is 940. The highest BCUT2D eigenvalue weighted by Gasteiger charge is 2.29. The molecule has 0 saturated heterocycles. The highest BCUT2D eigenvalue weighted by atomic mass is 35.5. The molecule has 5 nitrogen and oxygen atoms in total. The fraction of sp³-hybridized carbons (Fsp3) is 0.278. The lowest BCUT2D eigenvalue weighted by Crippen LogP contribution is -2.48. The van der Waals surface area contributed by atoms with Gasteiger partial charge in [0.1, 0.15) is 6.04 Å². The average Bonchev–Trinajstić information content (AvgIpc) is 2.62. The molecular weight excluding hydrogens is 430 g/mol. The molecule has 1 amide bonds. The molecule has 0 aliphatic carbocycles. The van der Waals surface area contributed by atoms with Gasteiger partial charge in [-0.25, -0.2) is 17.2 Å². The summed E-state index contributed by atoms with van der Waals surface area (Å²) in [6.45, 7) is 1.68. The van der Waals surface area contributed by atoms with Crippen molar-refractivity contribution in [2.45, 2.75) is 17.9 Å². The standard InChI is InChI=1S/C18H19ClF2N2O3S2/c1-12(18(24)22-9-10-27-15-6-3-13(19)4-7-15)23(28(2,25)26)14-5-8-16(20)17(21)11-14/h3-8,11-12H,9-10H2,1-2H3,(H,22,24)/t12-/m0/s1. The number of nitrogens with zero attached hydrogens (tertiary/aromatic N) is 1. The lowest BCUT2D eigenvalue weighted by atomic mass is 10.2. The molecule has 2 rings (SSSR count). The Morgan fingerprint density at radius 2 is 1.82 bits per heavy atom. The van der Waals surface area contributed by atoms with E-state index in [2.05, 4.69) is 5.32 Å². The molecule has 0 aliphatic rings. The SMILES string of the molecule is C[C@@H](C(=O)NCCSc1ccc(Cl)cc1)N(c1ccc(F)c(F)c1)S(C)(=O)=O. The van der Waals surface area contributed by atoms with Crippen LogP contribution >= 0.6 is 23.4 Å². The Hall–Kier alpha value is -1.84. The van der Waals surface area contributed by atoms with Crippen molar-refractivity contribution < 1.29 is 22.0 Å². The predicted molar refractivity (Wildman–Crippen MR) is 108 cm³/mol. The lowest BCUT2D eigenvalue weighted by Gasteiger charge is -2.28. The third-order valence-corrected chi connectivity index (χ3v) is 6.24. The number of sulfonamides is 1. The van der Waals surface area contributed by atoms with Gasteiger partial charge >= 0.3 is 0 Å². The van der Waals surface area contributed by atoms with Gasteiger partial charge in [0.25, 0.3) is 0 Å². The van der Waals surface area contributed by atoms with E-state index in [-0.39, 0.29) is 5.69 Å². The fourth-order valence-corrected chi connectivity index (χ4v) is 4.51. The fourth-order valence-electron chi connectivity index (χ4n) is 2.45. The van der Waals surface area contributed by atoms with Crippen molar-refractivity contribution >= 4 is 45.0 Å². The first kappa shape index (κ1) is 22.4. The van der Waals surface area contributed by atoms with Crippen LogP contribution in [0.3, 0.4) is 0 Å². The van der Waals surface area contributed by atoms with E-state index in [1.807, 2.05) is 12.1 Å². The van der Waals surface area contributed by atoms with Crippen LogP contribution in [-0.2, 0) is 14.8 Å². The van der Waals surface area contributed by atoms with Gasteiger partial charge in [-0.15, -0.1) is 11.8 Å². The number of hydrogen-bond acceptors (Lipinski definition) is 4. The number of carbonyl (C=O) groups excluding carboxylic acids is 1. The van der Waals surface area contributed by atoms with Crippen molar-refractivity contribution in [3.05, 3.63) is 59.1 Å². The monoisotopic (exact) mass is 448 g/mol. The minimum atomic E-state index is -3.90. The molecule has 2 aromatic rings. The van der Waals surface area contributed by atoms with Crippen LogP contribution in [0.15, 0.2) is 47.4 Å². The maximum Gasteiger partial charge on any atom is 0.243 e. The lowest BCUT2D eigenvalue weighted by molar-refractivity contribution is -0.121. The molecule has 10 heteroatoms. The first-order chi connectivity index (χ1) is 13.1. The van der Waals surface area contributed by atoms with Crippen LogP contribution in [0, 0.1) is 11.6 Å². The van der Waals surface area contributed by atoms with E-state index in [4.69, 9.17) is 11.6 Å². The van der Waals surface area contributed by atoms with Crippen LogP contribution in [0.2, 0.25) is 5.02 Å². The van der Waals surface area contributed by atoms with Crippen molar-refractivity contribution in [2.75, 3.05) is 22.9 Å². The van der Waals surface area contributed by atoms with Crippen molar-refractivity contribution in [3.8, 4) is 0 Å². The van der Waals surface area contributed by atoms with E-state index in [1.54, 1.807) is 12.1 Å². The van der Waals surface area contributed by atoms with Crippen LogP contribution in [0.5, 0.6) is 0 Å². The average molecular weight is 449 g/mol. The van der Waals surface area contributed by atoms with Crippen molar-refractivity contribution in [1.29, 1.82) is 0 Å². The molecule has 0 fully saturated rings. The Balaban J connectivity index is 2.01. The Kier molecular flexibility index (Phi) is 7.68. The number of halogens is 3. The first-order valence-electron chi connectivity index (χ1n) is 8.20. The maximum atomic E-state index is 13.5. The third kappa shape index (κ3) is 6.08. The smallest absolute Gasteiger partial charge is 0.243 e. The number of benzene rings is 2. The summed E-state index contributed by atoms with van der Waals surface area (Å²) in [4.78, 5) is 13.4. The molecule has 0 heterocycles. The second-order valence-electron chi connectivity index (χ2n) is 5.93. The quantitative estimate of drug-likeness (QED) is 0.494. The molecular formula is C18H19ClF2N2O3S2. The molecule has 28 heavy (non-hydrogen) atoms. The summed E-state index contributed by atoms with van der Waals surface area (Å²) in [6, 6.07) is 8.76. The second kappa shape index (κ2) is 9.58. The summed E-state index contributed by atoms with van der Waals surface area (Å²) in [5.41, 5.74) is -0.125. The summed E-state index contributed by atoms with van der Waals surface area (Å²) >= 11 is 7.32. The second-order valence-corrected chi connectivity index (χ2v) is 9.39. The van der Waals surface area contributed by atoms with Gasteiger partial charge in [0.2, 0.25) is 15.9 Å². The van der Waals surface area contributed by atoms with Gasteiger partial charge in [0, 0.05) is 28.3 Å². The number of thioether (sulfide) groups is 1. The number of nitrogens with one attached hydrogen (secondary N) is 1. The van der Waals surface area contributed by atoms with E-state index in [9.17, 15) is 22.0 Å². The van der Waals surface area contributed by atoms with Crippen molar-refractivity contribution in [2.24, 2.45) is 0 Å². The Morgan fingerprint density at radius 3 is 2.39 bits per heavy atom. The zero-order chi connectivity index (χ0) is 20.9. The largest absolute Gasteiger partial charge is 0.353 e. The molecule has 0 bridgehead atoms. The van der Waals surface area contributed by atoms with Gasteiger partial charge in [-0.1, -0.05) is 11.6 Å². The summed E-state index contributed by atoms with van der Waals surface area (Å²) in [5, 5.41) is 3.28. The molecule has 1 atom stereocenters. The van der Waals surface area contributed by atoms with Gasteiger partial charge < -0.3 is 5.32 Å². The third-order valence-electron chi connectivity index (χ3n) is 3.73. The molecule has 0 aliphatic heterocycles. The van der Waals surface area contributed by atoms with Crippen LogP contribution in [0.1, 0.15) is 6.92 Å². The molecule has 1 N–H and O–H groups in total. The molecule has 0 unspecified atom stereocenters. The van der Waals surface area contributed by atoms with Crippen LogP contribution in [0.25, 0.3) is 0 Å². The number of carbonyl (C=O) groups is 1. The summed E-state index contributed by atoms with van der Waals surface area (Å²) < 4.78 is 51.7. The van der Waals surface area contributed by atoms with Crippen molar-refractivity contribution in [3.63, 3.8) is 0 Å². The molecule has 0 saturated carbocycles. The normalized spacial score (nSPS) is 12.5. The number of rotatable bonds is 8. The minimum absolute atomic E-state index is 0.125. The number of hydrogen-bond donors (Lipinski definition) is 1. The van der Waals surface area contributed by atoms with E-state index in [1.165, 1.54) is 18.7 Å². The molecule has 0 aromatic heterocycles. The highest BCUT2D eigenvalue weighted by molar-refractivity contribution is 7.99. The minimum Gasteiger partial charge on any atom is -0.353 e. The summed E-state index contributed by atoms with van der Waals surface area (Å²) in [5.74, 6) is -2.29. The zero-order valence-electron chi connectivity index (χ0n) is 15.2. The van der Waals surface area contributed by atoms with E-state index in [0.29, 0.717) is 17.3 Å². The van der Waals surface area contributed by atoms with Gasteiger partial charge in [-0.2, -0.15) is 0 Å². The predicted octanol–water partition coefficient (Wildman–Crippen LogP) is 3.68. The summed E-state index contributed by atoms with van der Waals surface area (Å²) in [6.07, 6.45) is 0.897. The molecule has 2 aromatic carbocycles. The maximum absolute atomic E-state index is 13.5. The van der Waals surface area contributed by atoms with Gasteiger partial charge in [0.05, 0.1) is 11.9 Å². The van der Waals surface area contributed by atoms with Gasteiger partial charge in [-0.05, 0) is 43.3 Å².